The molecule has 144 valence electrons. The fourth-order valence-corrected chi connectivity index (χ4v) is 9.52. The van der Waals surface area contributed by atoms with E-state index in [0.29, 0.717) is 11.3 Å². The monoisotopic (exact) mass is 379 g/mol. The van der Waals surface area contributed by atoms with Gasteiger partial charge in [-0.2, -0.15) is 0 Å². The molecule has 0 radical (unpaired) electrons. The summed E-state index contributed by atoms with van der Waals surface area (Å²) in [6.07, 6.45) is 0. The zero-order chi connectivity index (χ0) is 19.6. The summed E-state index contributed by atoms with van der Waals surface area (Å²) in [6, 6.07) is 9.92. The molecule has 0 aromatic heterocycles. The van der Waals surface area contributed by atoms with E-state index in [1.165, 1.54) is 0 Å². The summed E-state index contributed by atoms with van der Waals surface area (Å²) >= 11 is 0. The molecule has 1 fully saturated rings. The first kappa shape index (κ1) is 19.5. The van der Waals surface area contributed by atoms with Gasteiger partial charge >= 0.3 is 156 Å². The van der Waals surface area contributed by atoms with Gasteiger partial charge in [-0.25, -0.2) is 0 Å². The number of benzene rings is 1. The van der Waals surface area contributed by atoms with Gasteiger partial charge in [0.1, 0.15) is 0 Å². The molecule has 3 rings (SSSR count). The Morgan fingerprint density at radius 2 is 1.54 bits per heavy atom. The second kappa shape index (κ2) is 5.62. The van der Waals surface area contributed by atoms with Gasteiger partial charge in [0.05, 0.1) is 0 Å². The van der Waals surface area contributed by atoms with Crippen LogP contribution in [-0.4, -0.2) is 35.8 Å². The van der Waals surface area contributed by atoms with Crippen molar-refractivity contribution in [1.29, 1.82) is 0 Å². The summed E-state index contributed by atoms with van der Waals surface area (Å²) in [7, 11) is -0.0599. The van der Waals surface area contributed by atoms with Crippen LogP contribution in [0.2, 0.25) is 0 Å². The molecule has 1 spiro atoms. The van der Waals surface area contributed by atoms with Crippen molar-refractivity contribution in [2.75, 3.05) is 14.1 Å². The fourth-order valence-electron chi connectivity index (χ4n) is 3.95. The van der Waals surface area contributed by atoms with Crippen molar-refractivity contribution >= 4 is 13.2 Å². The second-order valence-electron chi connectivity index (χ2n) is 8.38. The number of nitrogens with zero attached hydrogens (tertiary/aromatic N) is 1. The van der Waals surface area contributed by atoms with Crippen LogP contribution < -0.4 is 0 Å². The maximum absolute atomic E-state index is 12.6. The van der Waals surface area contributed by atoms with E-state index in [1.54, 1.807) is 6.92 Å². The molecule has 0 aliphatic carbocycles. The van der Waals surface area contributed by atoms with Crippen molar-refractivity contribution in [3.8, 4) is 0 Å². The molecule has 0 N–H and O–H groups in total. The summed E-state index contributed by atoms with van der Waals surface area (Å²) in [5.74, 6) is 0.570. The van der Waals surface area contributed by atoms with E-state index in [1.807, 2.05) is 83.7 Å². The molecule has 6 heteroatoms. The SMILES string of the molecule is CC(=O)C1=C(C)OP2(N(C)C)(OC(C)(C)C(C)(C)O2)C1c1ccccc1. The Hall–Kier alpha value is -1.26. The number of ketones is 1. The topological polar surface area (TPSA) is 48.0 Å². The van der Waals surface area contributed by atoms with Gasteiger partial charge in [-0.15, -0.1) is 0 Å². The molecule has 26 heavy (non-hydrogen) atoms. The van der Waals surface area contributed by atoms with Crippen LogP contribution in [0.25, 0.3) is 0 Å². The zero-order valence-electron chi connectivity index (χ0n) is 17.0. The first-order chi connectivity index (χ1) is 11.9. The molecule has 2 aliphatic rings. The molecule has 5 nitrogen and oxygen atoms in total. The van der Waals surface area contributed by atoms with Gasteiger partial charge in [0.2, 0.25) is 0 Å². The molecule has 2 aliphatic heterocycles. The van der Waals surface area contributed by atoms with Gasteiger partial charge in [0.25, 0.3) is 0 Å². The number of hydrogen-bond donors (Lipinski definition) is 0. The third-order valence-corrected chi connectivity index (χ3v) is 10.9. The third kappa shape index (κ3) is 2.34. The van der Waals surface area contributed by atoms with E-state index in [2.05, 4.69) is 0 Å². The molecule has 1 aromatic carbocycles. The van der Waals surface area contributed by atoms with Crippen LogP contribution in [0.15, 0.2) is 41.7 Å². The van der Waals surface area contributed by atoms with Gasteiger partial charge in [-0.3, -0.25) is 0 Å². The zero-order valence-corrected chi connectivity index (χ0v) is 17.9. The number of Topliss-reactive ketones (excluding diaryl/α,β-unsaturated/α-hetero) is 1. The van der Waals surface area contributed by atoms with Crippen molar-refractivity contribution in [1.82, 2.24) is 4.67 Å². The van der Waals surface area contributed by atoms with Crippen molar-refractivity contribution in [3.05, 3.63) is 47.2 Å². The van der Waals surface area contributed by atoms with Gasteiger partial charge in [-0.05, 0) is 0 Å². The summed E-state index contributed by atoms with van der Waals surface area (Å²) < 4.78 is 22.1. The Morgan fingerprint density at radius 3 is 1.96 bits per heavy atom. The predicted octanol–water partition coefficient (Wildman–Crippen LogP) is 5.00. The van der Waals surface area contributed by atoms with Crippen molar-refractivity contribution in [2.24, 2.45) is 0 Å². The average Bonchev–Trinajstić information content (AvgIpc) is 2.85. The van der Waals surface area contributed by atoms with Crippen LogP contribution in [0.3, 0.4) is 0 Å². The first-order valence-electron chi connectivity index (χ1n) is 8.95. The average molecular weight is 379 g/mol. The summed E-state index contributed by atoms with van der Waals surface area (Å²) in [4.78, 5) is 12.6. The molecule has 1 aromatic rings. The fraction of sp³-hybridized carbons (Fsp3) is 0.550. The van der Waals surface area contributed by atoms with E-state index in [0.717, 1.165) is 5.56 Å². The molecule has 0 amide bonds. The van der Waals surface area contributed by atoms with Crippen molar-refractivity contribution in [3.63, 3.8) is 0 Å². The van der Waals surface area contributed by atoms with E-state index >= 15 is 0 Å². The summed E-state index contributed by atoms with van der Waals surface area (Å²) in [5.41, 5.74) is 0.0183. The Balaban J connectivity index is 2.35. The van der Waals surface area contributed by atoms with Crippen LogP contribution in [0.4, 0.5) is 0 Å². The van der Waals surface area contributed by atoms with E-state index < -0.39 is 24.3 Å². The van der Waals surface area contributed by atoms with Crippen LogP contribution >= 0.6 is 7.43 Å². The number of carbonyl (C=O) groups is 1. The molecular weight excluding hydrogens is 349 g/mol. The van der Waals surface area contributed by atoms with Crippen LogP contribution in [-0.2, 0) is 18.4 Å². The van der Waals surface area contributed by atoms with Gasteiger partial charge in [0.15, 0.2) is 0 Å². The Kier molecular flexibility index (Phi) is 4.21. The standard InChI is InChI=1S/C20H30NO4P/c1-14(22)17-15(2)23-26(21(7)8,18(17)16-12-10-9-11-13-16)24-19(3,4)20(5,6)25-26/h9-13,18H,1-8H3. The van der Waals surface area contributed by atoms with Gasteiger partial charge in [0, 0.05) is 0 Å². The molecule has 0 bridgehead atoms. The Labute approximate surface area is 156 Å². The quantitative estimate of drug-likeness (QED) is 0.692. The molecular formula is C20H30NO4P. The Bertz CT molecular complexity index is 766. The number of hydrogen-bond acceptors (Lipinski definition) is 5. The van der Waals surface area contributed by atoms with Gasteiger partial charge in [-0.1, -0.05) is 0 Å². The van der Waals surface area contributed by atoms with E-state index in [-0.39, 0.29) is 5.78 Å². The van der Waals surface area contributed by atoms with Crippen molar-refractivity contribution in [2.45, 2.75) is 58.4 Å². The van der Waals surface area contributed by atoms with E-state index in [9.17, 15) is 4.79 Å². The summed E-state index contributed by atoms with van der Waals surface area (Å²) in [5, 5.41) is 0. The predicted molar refractivity (Wildman–Crippen MR) is 105 cm³/mol. The van der Waals surface area contributed by atoms with Crippen LogP contribution in [0, 0.1) is 0 Å². The number of allylic oxidation sites excluding steroid dienone is 2. The number of carbonyl (C=O) groups excluding carboxylic acids is 1. The molecule has 1 saturated heterocycles. The minimum atomic E-state index is -3.90. The second-order valence-corrected chi connectivity index (χ2v) is 12.0. The summed E-state index contributed by atoms with van der Waals surface area (Å²) in [6.45, 7) is 11.5. The molecule has 1 atom stereocenters. The van der Waals surface area contributed by atoms with Crippen LogP contribution in [0.5, 0.6) is 0 Å². The minimum absolute atomic E-state index is 0.0191. The van der Waals surface area contributed by atoms with Crippen LogP contribution in [0.1, 0.15) is 52.8 Å². The molecule has 1 unspecified atom stereocenters. The Morgan fingerprint density at radius 1 is 1.04 bits per heavy atom. The molecule has 0 saturated carbocycles. The van der Waals surface area contributed by atoms with Crippen molar-refractivity contribution < 1.29 is 18.4 Å². The normalized spacial score (nSPS) is 29.4. The number of rotatable bonds is 3. The maximum atomic E-state index is 12.6. The van der Waals surface area contributed by atoms with E-state index in [4.69, 9.17) is 13.6 Å². The third-order valence-electron chi connectivity index (χ3n) is 5.85. The molecule has 2 heterocycles. The van der Waals surface area contributed by atoms with Gasteiger partial charge < -0.3 is 0 Å². The first-order valence-corrected chi connectivity index (χ1v) is 11.0.